The molecule has 1 aliphatic rings. The van der Waals surface area contributed by atoms with Crippen molar-refractivity contribution in [2.75, 3.05) is 25.5 Å². The fourth-order valence-corrected chi connectivity index (χ4v) is 4.53. The molecule has 1 N–H and O–H groups in total. The van der Waals surface area contributed by atoms with Gasteiger partial charge in [0.15, 0.2) is 5.75 Å². The summed E-state index contributed by atoms with van der Waals surface area (Å²) < 4.78 is 29.9. The Morgan fingerprint density at radius 3 is 2.79 bits per heavy atom. The van der Waals surface area contributed by atoms with Crippen LogP contribution in [0.4, 0.5) is 10.1 Å². The minimum atomic E-state index is -0.327. The molecule has 8 nitrogen and oxygen atoms in total. The number of aromatic nitrogens is 2. The molecule has 1 saturated heterocycles. The lowest BCUT2D eigenvalue weighted by molar-refractivity contribution is -0.121. The number of hydrogen-bond acceptors (Lipinski definition) is 7. The maximum Gasteiger partial charge on any atom is 0.241 e. The Labute approximate surface area is 224 Å². The molecule has 5 rings (SSSR count). The van der Waals surface area contributed by atoms with Gasteiger partial charge in [-0.1, -0.05) is 22.8 Å². The van der Waals surface area contributed by atoms with Gasteiger partial charge in [-0.25, -0.2) is 4.39 Å². The summed E-state index contributed by atoms with van der Waals surface area (Å²) in [5.74, 6) is 1.86. The second-order valence-corrected chi connectivity index (χ2v) is 9.44. The molecule has 38 heavy (non-hydrogen) atoms. The molecular formula is C28H26ClFN4O4. The van der Waals surface area contributed by atoms with Crippen molar-refractivity contribution in [3.05, 3.63) is 83.5 Å². The van der Waals surface area contributed by atoms with E-state index in [0.29, 0.717) is 58.3 Å². The number of piperidine rings is 1. The molecule has 10 heteroatoms. The Morgan fingerprint density at radius 2 is 1.97 bits per heavy atom. The smallest absolute Gasteiger partial charge is 0.241 e. The van der Waals surface area contributed by atoms with E-state index >= 15 is 0 Å². The number of likely N-dealkylation sites (tertiary alicyclic amines) is 1. The van der Waals surface area contributed by atoms with E-state index in [2.05, 4.69) is 20.4 Å². The van der Waals surface area contributed by atoms with Gasteiger partial charge in [0, 0.05) is 23.2 Å². The Balaban J connectivity index is 1.23. The summed E-state index contributed by atoms with van der Waals surface area (Å²) in [7, 11) is 1.59. The van der Waals surface area contributed by atoms with Crippen molar-refractivity contribution in [2.24, 2.45) is 5.92 Å². The van der Waals surface area contributed by atoms with E-state index in [1.54, 1.807) is 49.6 Å². The fourth-order valence-electron chi connectivity index (χ4n) is 4.36. The monoisotopic (exact) mass is 536 g/mol. The summed E-state index contributed by atoms with van der Waals surface area (Å²) in [6.07, 6.45) is 1.60. The number of ether oxygens (including phenoxy) is 2. The third-order valence-electron chi connectivity index (χ3n) is 6.27. The fraction of sp³-hybridized carbons (Fsp3) is 0.250. The SMILES string of the molecule is COc1cccc(Oc2ccc(Cl)cc2NC(=O)C2CCCN(Cc3nc(-c4ccc(F)cc4)no3)C2)c1. The molecule has 1 fully saturated rings. The number of carbonyl (C=O) groups excluding carboxylic acids is 1. The minimum absolute atomic E-state index is 0.120. The van der Waals surface area contributed by atoms with Crippen molar-refractivity contribution < 1.29 is 23.2 Å². The van der Waals surface area contributed by atoms with Crippen LogP contribution in [-0.4, -0.2) is 41.1 Å². The summed E-state index contributed by atoms with van der Waals surface area (Å²) >= 11 is 6.23. The lowest BCUT2D eigenvalue weighted by Gasteiger charge is -2.31. The number of carbonyl (C=O) groups is 1. The van der Waals surface area contributed by atoms with Crippen LogP contribution in [0.1, 0.15) is 18.7 Å². The number of nitrogens with one attached hydrogen (secondary N) is 1. The highest BCUT2D eigenvalue weighted by Crippen LogP contribution is 2.34. The quantitative estimate of drug-likeness (QED) is 0.287. The highest BCUT2D eigenvalue weighted by molar-refractivity contribution is 6.31. The number of rotatable bonds is 8. The van der Waals surface area contributed by atoms with Crippen LogP contribution in [0, 0.1) is 11.7 Å². The van der Waals surface area contributed by atoms with Crippen molar-refractivity contribution in [3.63, 3.8) is 0 Å². The molecule has 3 aromatic carbocycles. The number of halogens is 2. The summed E-state index contributed by atoms with van der Waals surface area (Å²) in [6.45, 7) is 1.76. The van der Waals surface area contributed by atoms with E-state index in [-0.39, 0.29) is 17.6 Å². The molecule has 0 spiro atoms. The van der Waals surface area contributed by atoms with Crippen molar-refractivity contribution >= 4 is 23.2 Å². The standard InChI is InChI=1S/C28H26ClFN4O4/c1-36-22-5-2-6-23(15-22)37-25-12-9-20(29)14-24(25)31-28(35)19-4-3-13-34(16-19)17-26-32-27(33-38-26)18-7-10-21(30)11-8-18/h2,5-12,14-15,19H,3-4,13,16-17H2,1H3,(H,31,35). The molecule has 0 bridgehead atoms. The van der Waals surface area contributed by atoms with Crippen molar-refractivity contribution in [2.45, 2.75) is 19.4 Å². The molecule has 1 atom stereocenters. The number of nitrogens with zero attached hydrogens (tertiary/aromatic N) is 3. The van der Waals surface area contributed by atoms with Crippen LogP contribution >= 0.6 is 11.6 Å². The van der Waals surface area contributed by atoms with Gasteiger partial charge in [-0.05, 0) is 74.0 Å². The van der Waals surface area contributed by atoms with Gasteiger partial charge < -0.3 is 19.3 Å². The first kappa shape index (κ1) is 25.7. The van der Waals surface area contributed by atoms with E-state index in [0.717, 1.165) is 19.4 Å². The van der Waals surface area contributed by atoms with E-state index < -0.39 is 0 Å². The Hall–Kier alpha value is -3.95. The number of hydrogen-bond donors (Lipinski definition) is 1. The highest BCUT2D eigenvalue weighted by atomic mass is 35.5. The number of methoxy groups -OCH3 is 1. The third-order valence-corrected chi connectivity index (χ3v) is 6.51. The lowest BCUT2D eigenvalue weighted by atomic mass is 9.97. The van der Waals surface area contributed by atoms with Gasteiger partial charge >= 0.3 is 0 Å². The van der Waals surface area contributed by atoms with Gasteiger partial charge in [0.1, 0.15) is 17.3 Å². The molecule has 1 aliphatic heterocycles. The minimum Gasteiger partial charge on any atom is -0.497 e. The Kier molecular flexibility index (Phi) is 7.86. The first-order valence-corrected chi connectivity index (χ1v) is 12.6. The molecule has 0 saturated carbocycles. The van der Waals surface area contributed by atoms with Gasteiger partial charge in [0.2, 0.25) is 17.6 Å². The zero-order valence-corrected chi connectivity index (χ0v) is 21.5. The van der Waals surface area contributed by atoms with Crippen molar-refractivity contribution in [1.82, 2.24) is 15.0 Å². The summed E-state index contributed by atoms with van der Waals surface area (Å²) in [5, 5.41) is 7.49. The summed E-state index contributed by atoms with van der Waals surface area (Å²) in [5.41, 5.74) is 1.16. The predicted octanol–water partition coefficient (Wildman–Crippen LogP) is 6.18. The molecule has 1 unspecified atom stereocenters. The van der Waals surface area contributed by atoms with Gasteiger partial charge in [0.05, 0.1) is 25.3 Å². The van der Waals surface area contributed by atoms with Crippen molar-refractivity contribution in [3.8, 4) is 28.6 Å². The van der Waals surface area contributed by atoms with Crippen LogP contribution in [0.15, 0.2) is 71.3 Å². The zero-order valence-electron chi connectivity index (χ0n) is 20.7. The van der Waals surface area contributed by atoms with E-state index in [9.17, 15) is 9.18 Å². The van der Waals surface area contributed by atoms with Crippen LogP contribution in [0.25, 0.3) is 11.4 Å². The van der Waals surface area contributed by atoms with E-state index in [4.69, 9.17) is 25.6 Å². The number of amides is 1. The topological polar surface area (TPSA) is 89.7 Å². The molecule has 0 aliphatic carbocycles. The first-order valence-electron chi connectivity index (χ1n) is 12.2. The average molecular weight is 537 g/mol. The first-order chi connectivity index (χ1) is 18.5. The van der Waals surface area contributed by atoms with E-state index in [1.807, 2.05) is 12.1 Å². The molecule has 0 radical (unpaired) electrons. The second-order valence-electron chi connectivity index (χ2n) is 9.00. The van der Waals surface area contributed by atoms with Gasteiger partial charge in [-0.15, -0.1) is 0 Å². The number of benzene rings is 3. The number of anilines is 1. The normalized spacial score (nSPS) is 15.7. The van der Waals surface area contributed by atoms with Crippen molar-refractivity contribution in [1.29, 1.82) is 0 Å². The van der Waals surface area contributed by atoms with Crippen LogP contribution in [0.3, 0.4) is 0 Å². The van der Waals surface area contributed by atoms with Gasteiger partial charge in [0.25, 0.3) is 0 Å². The molecule has 1 amide bonds. The third kappa shape index (κ3) is 6.30. The largest absolute Gasteiger partial charge is 0.497 e. The maximum absolute atomic E-state index is 13.3. The molecule has 2 heterocycles. The van der Waals surface area contributed by atoms with Gasteiger partial charge in [-0.2, -0.15) is 4.98 Å². The molecule has 1 aromatic heterocycles. The highest BCUT2D eigenvalue weighted by Gasteiger charge is 2.28. The maximum atomic E-state index is 13.3. The Morgan fingerprint density at radius 1 is 1.16 bits per heavy atom. The second kappa shape index (κ2) is 11.6. The zero-order chi connectivity index (χ0) is 26.5. The molecule has 196 valence electrons. The Bertz CT molecular complexity index is 1410. The summed E-state index contributed by atoms with van der Waals surface area (Å²) in [4.78, 5) is 19.8. The van der Waals surface area contributed by atoms with Gasteiger partial charge in [-0.3, -0.25) is 9.69 Å². The lowest BCUT2D eigenvalue weighted by Crippen LogP contribution is -2.40. The van der Waals surface area contributed by atoms with Crippen LogP contribution in [-0.2, 0) is 11.3 Å². The van der Waals surface area contributed by atoms with Crippen LogP contribution < -0.4 is 14.8 Å². The van der Waals surface area contributed by atoms with Crippen LogP contribution in [0.5, 0.6) is 17.2 Å². The summed E-state index contributed by atoms with van der Waals surface area (Å²) in [6, 6.07) is 18.2. The molecular weight excluding hydrogens is 511 g/mol. The predicted molar refractivity (Wildman–Crippen MR) is 141 cm³/mol. The van der Waals surface area contributed by atoms with E-state index in [1.165, 1.54) is 12.1 Å². The van der Waals surface area contributed by atoms with Crippen LogP contribution in [0.2, 0.25) is 5.02 Å². The molecule has 4 aromatic rings. The average Bonchev–Trinajstić information content (AvgIpc) is 3.39.